The Hall–Kier alpha value is -0.600. The van der Waals surface area contributed by atoms with Crippen molar-refractivity contribution in [2.75, 3.05) is 6.67 Å². The third kappa shape index (κ3) is 7.40. The maximum Gasteiger partial charge on any atom is 0.303 e. The first kappa shape index (κ1) is 8.40. The van der Waals surface area contributed by atoms with Crippen LogP contribution in [-0.4, -0.2) is 17.8 Å². The molecule has 0 bridgehead atoms. The first-order valence-corrected chi connectivity index (χ1v) is 3.05. The second-order valence-corrected chi connectivity index (χ2v) is 1.89. The summed E-state index contributed by atoms with van der Waals surface area (Å²) in [7, 11) is 0. The molecule has 0 aliphatic rings. The van der Waals surface area contributed by atoms with Gasteiger partial charge < -0.3 is 5.11 Å². The van der Waals surface area contributed by atoms with E-state index < -0.39 is 5.97 Å². The van der Waals surface area contributed by atoms with Crippen molar-refractivity contribution in [1.82, 2.24) is 0 Å². The van der Waals surface area contributed by atoms with E-state index in [0.717, 1.165) is 0 Å². The van der Waals surface area contributed by atoms with Crippen LogP contribution in [0.4, 0.5) is 4.39 Å². The van der Waals surface area contributed by atoms with Crippen LogP contribution in [0.3, 0.4) is 0 Å². The maximum atomic E-state index is 11.4. The third-order valence-electron chi connectivity index (χ3n) is 1.02. The van der Waals surface area contributed by atoms with Crippen LogP contribution in [0.5, 0.6) is 0 Å². The van der Waals surface area contributed by atoms with Crippen molar-refractivity contribution in [2.45, 2.75) is 25.7 Å². The summed E-state index contributed by atoms with van der Waals surface area (Å²) in [6.45, 7) is -0.334. The van der Waals surface area contributed by atoms with Gasteiger partial charge >= 0.3 is 5.97 Å². The number of halogens is 1. The number of carboxylic acids is 1. The Morgan fingerprint density at radius 3 is 2.44 bits per heavy atom. The number of hydrogen-bond acceptors (Lipinski definition) is 1. The van der Waals surface area contributed by atoms with E-state index in [9.17, 15) is 9.18 Å². The third-order valence-corrected chi connectivity index (χ3v) is 1.02. The predicted octanol–water partition coefficient (Wildman–Crippen LogP) is 1.60. The standard InChI is InChI=1S/C6H11FO2/c7-5-3-1-2-4-6(8)9/h1-5H2,(H,8,9). The van der Waals surface area contributed by atoms with Gasteiger partial charge in [-0.1, -0.05) is 6.42 Å². The Balaban J connectivity index is 2.83. The van der Waals surface area contributed by atoms with Crippen LogP contribution in [-0.2, 0) is 4.79 Å². The lowest BCUT2D eigenvalue weighted by molar-refractivity contribution is -0.137. The van der Waals surface area contributed by atoms with Crippen molar-refractivity contribution >= 4 is 5.97 Å². The molecule has 0 heterocycles. The van der Waals surface area contributed by atoms with Crippen LogP contribution in [0.25, 0.3) is 0 Å². The SMILES string of the molecule is O=C(O)CCCCCF. The van der Waals surface area contributed by atoms with Gasteiger partial charge in [0.1, 0.15) is 0 Å². The highest BCUT2D eigenvalue weighted by atomic mass is 19.1. The van der Waals surface area contributed by atoms with Gasteiger partial charge in [-0.2, -0.15) is 0 Å². The van der Waals surface area contributed by atoms with Gasteiger partial charge in [-0.15, -0.1) is 0 Å². The zero-order valence-electron chi connectivity index (χ0n) is 5.27. The highest BCUT2D eigenvalue weighted by Crippen LogP contribution is 1.98. The van der Waals surface area contributed by atoms with Crippen molar-refractivity contribution in [2.24, 2.45) is 0 Å². The number of aliphatic carboxylic acids is 1. The average molecular weight is 134 g/mol. The van der Waals surface area contributed by atoms with E-state index in [4.69, 9.17) is 5.11 Å². The van der Waals surface area contributed by atoms with E-state index in [2.05, 4.69) is 0 Å². The molecule has 0 atom stereocenters. The molecule has 0 amide bonds. The van der Waals surface area contributed by atoms with Crippen molar-refractivity contribution in [3.63, 3.8) is 0 Å². The number of unbranched alkanes of at least 4 members (excludes halogenated alkanes) is 2. The molecule has 0 saturated carbocycles. The highest BCUT2D eigenvalue weighted by Gasteiger charge is 1.94. The molecule has 9 heavy (non-hydrogen) atoms. The Kier molecular flexibility index (Phi) is 5.17. The molecule has 0 unspecified atom stereocenters. The van der Waals surface area contributed by atoms with Gasteiger partial charge in [-0.25, -0.2) is 0 Å². The van der Waals surface area contributed by atoms with Gasteiger partial charge in [0, 0.05) is 6.42 Å². The molecule has 0 fully saturated rings. The summed E-state index contributed by atoms with van der Waals surface area (Å²) < 4.78 is 11.4. The molecule has 0 radical (unpaired) electrons. The van der Waals surface area contributed by atoms with Gasteiger partial charge in [0.05, 0.1) is 6.67 Å². The molecular weight excluding hydrogens is 123 g/mol. The molecule has 54 valence electrons. The minimum absolute atomic E-state index is 0.167. The van der Waals surface area contributed by atoms with E-state index in [-0.39, 0.29) is 13.1 Å². The van der Waals surface area contributed by atoms with Crippen molar-refractivity contribution in [3.8, 4) is 0 Å². The van der Waals surface area contributed by atoms with Crippen molar-refractivity contribution < 1.29 is 14.3 Å². The molecule has 0 rings (SSSR count). The minimum Gasteiger partial charge on any atom is -0.481 e. The second kappa shape index (κ2) is 5.54. The van der Waals surface area contributed by atoms with Crippen LogP contribution in [0.15, 0.2) is 0 Å². The molecule has 1 N–H and O–H groups in total. The van der Waals surface area contributed by atoms with Crippen LogP contribution < -0.4 is 0 Å². The monoisotopic (exact) mass is 134 g/mol. The van der Waals surface area contributed by atoms with E-state index in [0.29, 0.717) is 19.3 Å². The lowest BCUT2D eigenvalue weighted by Gasteiger charge is -1.91. The first-order chi connectivity index (χ1) is 4.27. The summed E-state index contributed by atoms with van der Waals surface area (Å²) in [4.78, 5) is 9.87. The molecule has 0 aromatic rings. The van der Waals surface area contributed by atoms with Gasteiger partial charge in [-0.3, -0.25) is 9.18 Å². The lowest BCUT2D eigenvalue weighted by atomic mass is 10.2. The molecule has 2 nitrogen and oxygen atoms in total. The zero-order chi connectivity index (χ0) is 7.11. The number of carbonyl (C=O) groups is 1. The van der Waals surface area contributed by atoms with Crippen LogP contribution in [0.2, 0.25) is 0 Å². The van der Waals surface area contributed by atoms with Crippen LogP contribution >= 0.6 is 0 Å². The summed E-state index contributed by atoms with van der Waals surface area (Å²) in [5.41, 5.74) is 0. The number of rotatable bonds is 5. The number of carboxylic acid groups (broad SMARTS) is 1. The number of hydrogen-bond donors (Lipinski definition) is 1. The Bertz CT molecular complexity index is 83.1. The summed E-state index contributed by atoms with van der Waals surface area (Å²) in [6, 6.07) is 0. The topological polar surface area (TPSA) is 37.3 Å². The average Bonchev–Trinajstić information content (AvgIpc) is 1.80. The molecule has 3 heteroatoms. The van der Waals surface area contributed by atoms with Crippen LogP contribution in [0, 0.1) is 0 Å². The molecule has 0 aromatic heterocycles. The lowest BCUT2D eigenvalue weighted by Crippen LogP contribution is -1.93. The fraction of sp³-hybridized carbons (Fsp3) is 0.833. The molecule has 0 saturated heterocycles. The molecule has 0 spiro atoms. The summed E-state index contributed by atoms with van der Waals surface area (Å²) in [5, 5.41) is 8.12. The predicted molar refractivity (Wildman–Crippen MR) is 32.1 cm³/mol. The smallest absolute Gasteiger partial charge is 0.303 e. The first-order valence-electron chi connectivity index (χ1n) is 3.05. The minimum atomic E-state index is -0.797. The van der Waals surface area contributed by atoms with Gasteiger partial charge in [0.2, 0.25) is 0 Å². The molecular formula is C6H11FO2. The number of alkyl halides is 1. The van der Waals surface area contributed by atoms with Crippen LogP contribution in [0.1, 0.15) is 25.7 Å². The fourth-order valence-electron chi connectivity index (χ4n) is 0.547. The highest BCUT2D eigenvalue weighted by molar-refractivity contribution is 5.66. The van der Waals surface area contributed by atoms with E-state index >= 15 is 0 Å². The zero-order valence-corrected chi connectivity index (χ0v) is 5.27. The van der Waals surface area contributed by atoms with E-state index in [1.54, 1.807) is 0 Å². The van der Waals surface area contributed by atoms with Crippen molar-refractivity contribution in [3.05, 3.63) is 0 Å². The molecule has 0 aromatic carbocycles. The molecule has 0 aliphatic carbocycles. The summed E-state index contributed by atoms with van der Waals surface area (Å²) >= 11 is 0. The Morgan fingerprint density at radius 2 is 2.00 bits per heavy atom. The van der Waals surface area contributed by atoms with Gasteiger partial charge in [0.25, 0.3) is 0 Å². The quantitative estimate of drug-likeness (QED) is 0.580. The van der Waals surface area contributed by atoms with Gasteiger partial charge in [0.15, 0.2) is 0 Å². The molecule has 0 aliphatic heterocycles. The normalized spacial score (nSPS) is 9.44. The second-order valence-electron chi connectivity index (χ2n) is 1.89. The van der Waals surface area contributed by atoms with E-state index in [1.807, 2.05) is 0 Å². The Morgan fingerprint density at radius 1 is 1.33 bits per heavy atom. The van der Waals surface area contributed by atoms with Crippen molar-refractivity contribution in [1.29, 1.82) is 0 Å². The fourth-order valence-corrected chi connectivity index (χ4v) is 0.547. The largest absolute Gasteiger partial charge is 0.481 e. The maximum absolute atomic E-state index is 11.4. The summed E-state index contributed by atoms with van der Waals surface area (Å²) in [5.74, 6) is -0.797. The summed E-state index contributed by atoms with van der Waals surface area (Å²) in [6.07, 6.45) is 1.94. The van der Waals surface area contributed by atoms with E-state index in [1.165, 1.54) is 0 Å². The Labute approximate surface area is 53.7 Å². The van der Waals surface area contributed by atoms with Gasteiger partial charge in [-0.05, 0) is 12.8 Å².